The van der Waals surface area contributed by atoms with Crippen LogP contribution in [-0.2, 0) is 22.4 Å². The highest BCUT2D eigenvalue weighted by atomic mass is 32.1. The van der Waals surface area contributed by atoms with Crippen molar-refractivity contribution in [3.8, 4) is 5.75 Å². The van der Waals surface area contributed by atoms with E-state index in [-0.39, 0.29) is 18.7 Å². The molecule has 0 saturated carbocycles. The van der Waals surface area contributed by atoms with E-state index in [1.807, 2.05) is 12.1 Å². The molecule has 1 aliphatic rings. The van der Waals surface area contributed by atoms with Crippen molar-refractivity contribution in [2.75, 3.05) is 12.4 Å². The number of thiazole rings is 1. The van der Waals surface area contributed by atoms with Gasteiger partial charge in [-0.3, -0.25) is 9.59 Å². The fraction of sp³-hybridized carbons (Fsp3) is 0.421. The summed E-state index contributed by atoms with van der Waals surface area (Å²) in [6.45, 7) is 0. The van der Waals surface area contributed by atoms with Crippen molar-refractivity contribution in [3.63, 3.8) is 0 Å². The first-order chi connectivity index (χ1) is 12.5. The van der Waals surface area contributed by atoms with Gasteiger partial charge in [0.2, 0.25) is 5.91 Å². The molecule has 1 atom stereocenters. The fourth-order valence-electron chi connectivity index (χ4n) is 3.19. The number of aliphatic carboxylic acids is 1. The van der Waals surface area contributed by atoms with Crippen LogP contribution in [0.15, 0.2) is 24.3 Å². The summed E-state index contributed by atoms with van der Waals surface area (Å²) in [5.74, 6) is -0.838. The second-order valence-electron chi connectivity index (χ2n) is 6.42. The van der Waals surface area contributed by atoms with Crippen LogP contribution >= 0.6 is 11.3 Å². The number of hydrogen-bond donors (Lipinski definition) is 2. The summed E-state index contributed by atoms with van der Waals surface area (Å²) in [5.41, 5.74) is 1.90. The molecule has 0 radical (unpaired) electrons. The number of ether oxygens (including phenoxy) is 1. The van der Waals surface area contributed by atoms with E-state index in [1.54, 1.807) is 19.2 Å². The molecule has 2 N–H and O–H groups in total. The van der Waals surface area contributed by atoms with Crippen LogP contribution in [0.4, 0.5) is 5.13 Å². The molecule has 0 spiro atoms. The van der Waals surface area contributed by atoms with E-state index in [4.69, 9.17) is 4.74 Å². The molecule has 1 unspecified atom stereocenters. The molecular formula is C19H22N2O4S. The van der Waals surface area contributed by atoms with Crippen molar-refractivity contribution >= 4 is 28.3 Å². The van der Waals surface area contributed by atoms with E-state index < -0.39 is 11.9 Å². The van der Waals surface area contributed by atoms with Crippen molar-refractivity contribution in [1.82, 2.24) is 4.98 Å². The maximum absolute atomic E-state index is 12.5. The Balaban J connectivity index is 1.68. The summed E-state index contributed by atoms with van der Waals surface area (Å²) in [7, 11) is 1.57. The highest BCUT2D eigenvalue weighted by molar-refractivity contribution is 7.15. The smallest absolute Gasteiger partial charge is 0.303 e. The van der Waals surface area contributed by atoms with Crippen molar-refractivity contribution in [3.05, 3.63) is 40.4 Å². The van der Waals surface area contributed by atoms with Crippen LogP contribution in [0.2, 0.25) is 0 Å². The molecule has 2 aromatic rings. The number of hydrogen-bond acceptors (Lipinski definition) is 5. The Kier molecular flexibility index (Phi) is 5.88. The lowest BCUT2D eigenvalue weighted by Crippen LogP contribution is -2.17. The number of rotatable bonds is 7. The van der Waals surface area contributed by atoms with Gasteiger partial charge in [-0.1, -0.05) is 12.1 Å². The van der Waals surface area contributed by atoms with Crippen LogP contribution in [0.5, 0.6) is 5.75 Å². The van der Waals surface area contributed by atoms with Gasteiger partial charge in [0.05, 0.1) is 19.2 Å². The molecule has 3 rings (SSSR count). The van der Waals surface area contributed by atoms with E-state index in [2.05, 4.69) is 10.3 Å². The van der Waals surface area contributed by atoms with Crippen LogP contribution < -0.4 is 10.1 Å². The summed E-state index contributed by atoms with van der Waals surface area (Å²) in [6.07, 6.45) is 4.30. The van der Waals surface area contributed by atoms with E-state index in [0.29, 0.717) is 10.9 Å². The van der Waals surface area contributed by atoms with Crippen LogP contribution in [0.1, 0.15) is 47.7 Å². The first-order valence-corrected chi connectivity index (χ1v) is 9.51. The van der Waals surface area contributed by atoms with Crippen LogP contribution in [-0.4, -0.2) is 29.1 Å². The second kappa shape index (κ2) is 8.31. The standard InChI is InChI=1S/C19H22N2O4S/c1-25-14-8-6-12(7-9-14)13(11-18(23)24)10-17(22)21-19-20-15-4-2-3-5-16(15)26-19/h6-9,13H,2-5,10-11H2,1H3,(H,23,24)(H,20,21,22). The number of carboxylic acid groups (broad SMARTS) is 1. The molecule has 1 heterocycles. The van der Waals surface area contributed by atoms with Crippen molar-refractivity contribution < 1.29 is 19.4 Å². The molecule has 0 saturated heterocycles. The Hall–Kier alpha value is -2.41. The molecule has 6 nitrogen and oxygen atoms in total. The number of carboxylic acids is 1. The average molecular weight is 374 g/mol. The molecule has 1 aromatic carbocycles. The molecule has 1 aromatic heterocycles. The number of methoxy groups -OCH3 is 1. The van der Waals surface area contributed by atoms with Crippen LogP contribution in [0.25, 0.3) is 0 Å². The van der Waals surface area contributed by atoms with Crippen LogP contribution in [0.3, 0.4) is 0 Å². The lowest BCUT2D eigenvalue weighted by Gasteiger charge is -2.15. The minimum absolute atomic E-state index is 0.100. The molecular weight excluding hydrogens is 352 g/mol. The molecule has 138 valence electrons. The van der Waals surface area contributed by atoms with Crippen molar-refractivity contribution in [1.29, 1.82) is 0 Å². The first kappa shape index (κ1) is 18.4. The maximum atomic E-state index is 12.5. The molecule has 7 heteroatoms. The molecule has 0 fully saturated rings. The summed E-state index contributed by atoms with van der Waals surface area (Å²) < 4.78 is 5.13. The SMILES string of the molecule is COc1ccc(C(CC(=O)O)CC(=O)Nc2nc3c(s2)CCCC3)cc1. The summed E-state index contributed by atoms with van der Waals surface area (Å²) in [6, 6.07) is 7.16. The maximum Gasteiger partial charge on any atom is 0.303 e. The number of carbonyl (C=O) groups is 2. The third-order valence-electron chi connectivity index (χ3n) is 4.53. The molecule has 26 heavy (non-hydrogen) atoms. The number of aryl methyl sites for hydroxylation is 2. The molecule has 0 bridgehead atoms. The van der Waals surface area contributed by atoms with Crippen molar-refractivity contribution in [2.24, 2.45) is 0 Å². The minimum Gasteiger partial charge on any atom is -0.497 e. The van der Waals surface area contributed by atoms with Gasteiger partial charge in [-0.2, -0.15) is 0 Å². The Labute approximate surface area is 156 Å². The number of aromatic nitrogens is 1. The predicted molar refractivity (Wildman–Crippen MR) is 100.0 cm³/mol. The number of anilines is 1. The number of fused-ring (bicyclic) bond motifs is 1. The lowest BCUT2D eigenvalue weighted by molar-refractivity contribution is -0.137. The summed E-state index contributed by atoms with van der Waals surface area (Å²) in [4.78, 5) is 29.4. The third-order valence-corrected chi connectivity index (χ3v) is 5.60. The Morgan fingerprint density at radius 3 is 2.62 bits per heavy atom. The number of benzene rings is 1. The molecule has 0 aliphatic heterocycles. The molecule has 1 amide bonds. The van der Waals surface area contributed by atoms with Gasteiger partial charge in [0.25, 0.3) is 0 Å². The Morgan fingerprint density at radius 2 is 1.96 bits per heavy atom. The Bertz CT molecular complexity index is 762. The number of nitrogens with zero attached hydrogens (tertiary/aromatic N) is 1. The second-order valence-corrected chi connectivity index (χ2v) is 7.50. The van der Waals surface area contributed by atoms with E-state index >= 15 is 0 Å². The molecule has 1 aliphatic carbocycles. The highest BCUT2D eigenvalue weighted by Gasteiger charge is 2.21. The number of nitrogens with one attached hydrogen (secondary N) is 1. The summed E-state index contributed by atoms with van der Waals surface area (Å²) in [5, 5.41) is 12.7. The van der Waals surface area contributed by atoms with Crippen molar-refractivity contribution in [2.45, 2.75) is 44.4 Å². The van der Waals surface area contributed by atoms with Gasteiger partial charge in [-0.05, 0) is 43.4 Å². The number of carbonyl (C=O) groups excluding carboxylic acids is 1. The van der Waals surface area contributed by atoms with Gasteiger partial charge in [-0.15, -0.1) is 11.3 Å². The summed E-state index contributed by atoms with van der Waals surface area (Å²) >= 11 is 1.53. The zero-order valence-corrected chi connectivity index (χ0v) is 15.5. The van der Waals surface area contributed by atoms with Crippen LogP contribution in [0, 0.1) is 0 Å². The van der Waals surface area contributed by atoms with E-state index in [9.17, 15) is 14.7 Å². The average Bonchev–Trinajstić information content (AvgIpc) is 3.03. The van der Waals surface area contributed by atoms with Gasteiger partial charge < -0.3 is 15.2 Å². The third kappa shape index (κ3) is 4.60. The predicted octanol–water partition coefficient (Wildman–Crippen LogP) is 3.62. The van der Waals surface area contributed by atoms with E-state index in [1.165, 1.54) is 22.6 Å². The van der Waals surface area contributed by atoms with Gasteiger partial charge in [0, 0.05) is 17.2 Å². The number of amides is 1. The first-order valence-electron chi connectivity index (χ1n) is 8.69. The fourth-order valence-corrected chi connectivity index (χ4v) is 4.26. The topological polar surface area (TPSA) is 88.5 Å². The monoisotopic (exact) mass is 374 g/mol. The normalized spacial score (nSPS) is 14.3. The Morgan fingerprint density at radius 1 is 1.23 bits per heavy atom. The van der Waals surface area contributed by atoms with Gasteiger partial charge in [-0.25, -0.2) is 4.98 Å². The zero-order chi connectivity index (χ0) is 18.5. The van der Waals surface area contributed by atoms with E-state index in [0.717, 1.165) is 30.5 Å². The van der Waals surface area contributed by atoms with Gasteiger partial charge in [0.1, 0.15) is 5.75 Å². The largest absolute Gasteiger partial charge is 0.497 e. The minimum atomic E-state index is -0.927. The van der Waals surface area contributed by atoms with Gasteiger partial charge in [0.15, 0.2) is 5.13 Å². The van der Waals surface area contributed by atoms with Gasteiger partial charge >= 0.3 is 5.97 Å². The zero-order valence-electron chi connectivity index (χ0n) is 14.7. The quantitative estimate of drug-likeness (QED) is 0.773. The highest BCUT2D eigenvalue weighted by Crippen LogP contribution is 2.31. The lowest BCUT2D eigenvalue weighted by atomic mass is 9.92.